The summed E-state index contributed by atoms with van der Waals surface area (Å²) >= 11 is 0. The molecule has 0 atom stereocenters. The maximum atomic E-state index is 14.1. The largest absolute Gasteiger partial charge is 0.497 e. The maximum absolute atomic E-state index is 14.1. The highest BCUT2D eigenvalue weighted by Crippen LogP contribution is 2.47. The molecule has 0 saturated carbocycles. The highest BCUT2D eigenvalue weighted by Gasteiger charge is 2.43. The van der Waals surface area contributed by atoms with Gasteiger partial charge in [-0.1, -0.05) is 26.0 Å². The van der Waals surface area contributed by atoms with E-state index >= 15 is 0 Å². The highest BCUT2D eigenvalue weighted by atomic mass is 19.4. The van der Waals surface area contributed by atoms with Crippen molar-refractivity contribution in [2.24, 2.45) is 0 Å². The number of aromatic nitrogens is 1. The second-order valence-corrected chi connectivity index (χ2v) is 9.18. The number of methoxy groups -OCH3 is 1. The molecule has 206 valence electrons. The molecule has 0 fully saturated rings. The molecule has 3 aromatic carbocycles. The summed E-state index contributed by atoms with van der Waals surface area (Å²) in [7, 11) is 1.45. The number of aromatic amines is 1. The number of hydrogen-bond acceptors (Lipinski definition) is 3. The summed E-state index contributed by atoms with van der Waals surface area (Å²) in [6.07, 6.45) is -8.98. The van der Waals surface area contributed by atoms with Crippen molar-refractivity contribution in [1.29, 1.82) is 0 Å². The molecule has 1 amide bonds. The Labute approximate surface area is 219 Å². The summed E-state index contributed by atoms with van der Waals surface area (Å²) in [6.45, 7) is 3.81. The lowest BCUT2D eigenvalue weighted by molar-refractivity contribution is -0.145. The van der Waals surface area contributed by atoms with Crippen molar-refractivity contribution >= 4 is 22.5 Å². The summed E-state index contributed by atoms with van der Waals surface area (Å²) < 4.78 is 94.6. The lowest BCUT2D eigenvalue weighted by Gasteiger charge is -2.21. The van der Waals surface area contributed by atoms with Gasteiger partial charge in [0.1, 0.15) is 22.6 Å². The summed E-state index contributed by atoms with van der Waals surface area (Å²) in [6, 6.07) is 11.3. The van der Waals surface area contributed by atoms with Crippen LogP contribution in [0.5, 0.6) is 17.2 Å². The zero-order valence-corrected chi connectivity index (χ0v) is 21.1. The molecule has 0 unspecified atom stereocenters. The summed E-state index contributed by atoms with van der Waals surface area (Å²) in [5, 5.41) is 2.76. The van der Waals surface area contributed by atoms with Gasteiger partial charge in [0.15, 0.2) is 5.75 Å². The first-order chi connectivity index (χ1) is 18.3. The van der Waals surface area contributed by atoms with Gasteiger partial charge < -0.3 is 19.8 Å². The van der Waals surface area contributed by atoms with Gasteiger partial charge in [-0.3, -0.25) is 4.79 Å². The van der Waals surface area contributed by atoms with Gasteiger partial charge in [0.25, 0.3) is 0 Å². The maximum Gasteiger partial charge on any atom is 0.420 e. The molecule has 4 aromatic rings. The lowest BCUT2D eigenvalue weighted by atomic mass is 10.0. The van der Waals surface area contributed by atoms with E-state index < -0.39 is 40.8 Å². The Bertz CT molecular complexity index is 1450. The average Bonchev–Trinajstić information content (AvgIpc) is 3.27. The Morgan fingerprint density at radius 3 is 2.03 bits per heavy atom. The van der Waals surface area contributed by atoms with Crippen LogP contribution in [0.25, 0.3) is 10.9 Å². The number of hydrogen-bond donors (Lipinski definition) is 2. The molecule has 0 aliphatic carbocycles. The number of alkyl halides is 6. The van der Waals surface area contributed by atoms with Crippen LogP contribution in [-0.4, -0.2) is 18.0 Å². The number of H-pyrrole nitrogens is 1. The quantitative estimate of drug-likeness (QED) is 0.228. The van der Waals surface area contributed by atoms with E-state index in [1.54, 1.807) is 30.5 Å². The monoisotopic (exact) mass is 550 g/mol. The predicted molar refractivity (Wildman–Crippen MR) is 134 cm³/mol. The topological polar surface area (TPSA) is 63.4 Å². The van der Waals surface area contributed by atoms with E-state index in [0.717, 1.165) is 5.56 Å². The first-order valence-corrected chi connectivity index (χ1v) is 11.8. The van der Waals surface area contributed by atoms with Gasteiger partial charge >= 0.3 is 12.4 Å². The highest BCUT2D eigenvalue weighted by molar-refractivity contribution is 5.92. The van der Waals surface area contributed by atoms with Crippen LogP contribution in [0.2, 0.25) is 0 Å². The summed E-state index contributed by atoms with van der Waals surface area (Å²) in [5.74, 6) is -1.82. The van der Waals surface area contributed by atoms with Crippen LogP contribution >= 0.6 is 0 Å². The van der Waals surface area contributed by atoms with E-state index in [1.807, 2.05) is 13.8 Å². The summed E-state index contributed by atoms with van der Waals surface area (Å²) in [4.78, 5) is 15.5. The number of rotatable bonds is 7. The predicted octanol–water partition coefficient (Wildman–Crippen LogP) is 8.31. The number of benzene rings is 3. The third-order valence-electron chi connectivity index (χ3n) is 6.03. The van der Waals surface area contributed by atoms with E-state index in [1.165, 1.54) is 25.3 Å². The number of halogens is 6. The van der Waals surface area contributed by atoms with Crippen LogP contribution < -0.4 is 14.8 Å². The van der Waals surface area contributed by atoms with Gasteiger partial charge in [-0.2, -0.15) is 26.3 Å². The van der Waals surface area contributed by atoms with Gasteiger partial charge in [0.05, 0.1) is 13.5 Å². The molecule has 1 heterocycles. The summed E-state index contributed by atoms with van der Waals surface area (Å²) in [5.41, 5.74) is -2.03. The minimum atomic E-state index is -5.21. The number of ether oxygens (including phenoxy) is 2. The van der Waals surface area contributed by atoms with Crippen molar-refractivity contribution in [2.45, 2.75) is 38.5 Å². The van der Waals surface area contributed by atoms with Gasteiger partial charge in [-0.15, -0.1) is 0 Å². The molecule has 39 heavy (non-hydrogen) atoms. The molecule has 0 spiro atoms. The fraction of sp³-hybridized carbons (Fsp3) is 0.250. The number of amides is 1. The zero-order valence-electron chi connectivity index (χ0n) is 21.1. The van der Waals surface area contributed by atoms with Crippen LogP contribution in [0.1, 0.15) is 42.0 Å². The van der Waals surface area contributed by atoms with Crippen LogP contribution in [0, 0.1) is 0 Å². The van der Waals surface area contributed by atoms with Crippen LogP contribution in [0.3, 0.4) is 0 Å². The van der Waals surface area contributed by atoms with Gasteiger partial charge in [-0.05, 0) is 59.5 Å². The van der Waals surface area contributed by atoms with Crippen molar-refractivity contribution in [3.63, 3.8) is 0 Å². The fourth-order valence-corrected chi connectivity index (χ4v) is 4.15. The van der Waals surface area contributed by atoms with Crippen molar-refractivity contribution in [2.75, 3.05) is 12.4 Å². The van der Waals surface area contributed by atoms with Crippen molar-refractivity contribution < 1.29 is 40.6 Å². The molecular weight excluding hydrogens is 526 g/mol. The third-order valence-corrected chi connectivity index (χ3v) is 6.03. The Balaban J connectivity index is 1.72. The molecule has 0 aliphatic rings. The first kappa shape index (κ1) is 27.9. The Morgan fingerprint density at radius 1 is 0.897 bits per heavy atom. The molecule has 0 bridgehead atoms. The Hall–Kier alpha value is -4.15. The first-order valence-electron chi connectivity index (χ1n) is 11.8. The SMILES string of the molecule is COc1ccc(CC(=O)Nc2cc(C(F)(F)F)c(Oc3ccc4[nH]cc(C(C)C)c4c3)c(C(F)(F)F)c2)cc1. The minimum absolute atomic E-state index is 0.0475. The molecule has 0 saturated heterocycles. The molecule has 0 radical (unpaired) electrons. The Kier molecular flexibility index (Phi) is 7.54. The van der Waals surface area contributed by atoms with E-state index in [-0.39, 0.29) is 18.1 Å². The van der Waals surface area contributed by atoms with Crippen LogP contribution in [0.4, 0.5) is 32.0 Å². The van der Waals surface area contributed by atoms with Crippen LogP contribution in [-0.2, 0) is 23.6 Å². The Morgan fingerprint density at radius 2 is 1.49 bits per heavy atom. The van der Waals surface area contributed by atoms with Crippen LogP contribution in [0.15, 0.2) is 60.8 Å². The number of fused-ring (bicyclic) bond motifs is 1. The lowest BCUT2D eigenvalue weighted by Crippen LogP contribution is -2.18. The van der Waals surface area contributed by atoms with Crippen molar-refractivity contribution in [3.8, 4) is 17.2 Å². The molecule has 5 nitrogen and oxygen atoms in total. The number of carbonyl (C=O) groups is 1. The van der Waals surface area contributed by atoms with E-state index in [9.17, 15) is 31.1 Å². The third kappa shape index (κ3) is 6.30. The van der Waals surface area contributed by atoms with Gasteiger partial charge in [0.2, 0.25) is 5.91 Å². The fourth-order valence-electron chi connectivity index (χ4n) is 4.15. The molecule has 2 N–H and O–H groups in total. The number of carbonyl (C=O) groups excluding carboxylic acids is 1. The van der Waals surface area contributed by atoms with E-state index in [4.69, 9.17) is 9.47 Å². The second-order valence-electron chi connectivity index (χ2n) is 9.18. The van der Waals surface area contributed by atoms with Gasteiger partial charge in [0, 0.05) is 22.8 Å². The molecule has 1 aromatic heterocycles. The van der Waals surface area contributed by atoms with Crippen molar-refractivity contribution in [1.82, 2.24) is 4.98 Å². The molecule has 0 aliphatic heterocycles. The second kappa shape index (κ2) is 10.5. The molecule has 11 heteroatoms. The smallest absolute Gasteiger partial charge is 0.420 e. The van der Waals surface area contributed by atoms with Crippen molar-refractivity contribution in [3.05, 3.63) is 83.0 Å². The molecular formula is C28H24F6N2O3. The van der Waals surface area contributed by atoms with Gasteiger partial charge in [-0.25, -0.2) is 0 Å². The zero-order chi connectivity index (χ0) is 28.5. The number of nitrogens with one attached hydrogen (secondary N) is 2. The molecule has 4 rings (SSSR count). The van der Waals surface area contributed by atoms with E-state index in [0.29, 0.717) is 34.3 Å². The normalized spacial score (nSPS) is 12.2. The van der Waals surface area contributed by atoms with E-state index in [2.05, 4.69) is 10.3 Å². The average molecular weight is 550 g/mol. The minimum Gasteiger partial charge on any atom is -0.497 e. The number of anilines is 1. The standard InChI is InChI=1S/C28H24F6N2O3/c1-15(2)21-14-35-24-9-8-19(13-20(21)24)39-26-22(27(29,30)31)11-17(12-23(26)28(32,33)34)36-25(37)10-16-4-6-18(38-3)7-5-16/h4-9,11-15,35H,10H2,1-3H3,(H,36,37).